The lowest BCUT2D eigenvalue weighted by Crippen LogP contribution is -2.26. The first kappa shape index (κ1) is 12.6. The molecule has 0 saturated carbocycles. The normalized spacial score (nSPS) is 13.7. The van der Waals surface area contributed by atoms with E-state index in [2.05, 4.69) is 22.5 Å². The van der Waals surface area contributed by atoms with E-state index in [0.29, 0.717) is 0 Å². The first-order valence-corrected chi connectivity index (χ1v) is 5.87. The highest BCUT2D eigenvalue weighted by Crippen LogP contribution is 2.15. The van der Waals surface area contributed by atoms with Crippen LogP contribution in [0.25, 0.3) is 0 Å². The van der Waals surface area contributed by atoms with Crippen molar-refractivity contribution in [1.82, 2.24) is 0 Å². The van der Waals surface area contributed by atoms with Gasteiger partial charge in [-0.15, -0.1) is 0 Å². The molecule has 0 radical (unpaired) electrons. The van der Waals surface area contributed by atoms with Gasteiger partial charge in [-0.25, -0.2) is 4.79 Å². The van der Waals surface area contributed by atoms with Gasteiger partial charge in [0, 0.05) is 5.33 Å². The van der Waals surface area contributed by atoms with Crippen LogP contribution in [0.2, 0.25) is 0 Å². The Bertz CT molecular complexity index is 307. The number of carbonyl (C=O) groups is 1. The summed E-state index contributed by atoms with van der Waals surface area (Å²) in [6.07, 6.45) is -0.0238. The molecule has 1 unspecified atom stereocenters. The third kappa shape index (κ3) is 3.88. The summed E-state index contributed by atoms with van der Waals surface area (Å²) in [7, 11) is -4.38. The molecule has 0 aliphatic rings. The molecule has 2 N–H and O–H groups in total. The molecule has 0 amide bonds. The zero-order valence-corrected chi connectivity index (χ0v) is 9.01. The summed E-state index contributed by atoms with van der Waals surface area (Å²) in [4.78, 5) is 10.4. The quantitative estimate of drug-likeness (QED) is 0.436. The molecule has 0 saturated heterocycles. The van der Waals surface area contributed by atoms with Crippen LogP contribution in [-0.2, 0) is 14.9 Å². The molecule has 1 atom stereocenters. The lowest BCUT2D eigenvalue weighted by Gasteiger charge is -2.11. The van der Waals surface area contributed by atoms with Crippen molar-refractivity contribution < 1.29 is 22.9 Å². The molecule has 0 aliphatic heterocycles. The van der Waals surface area contributed by atoms with E-state index in [-0.39, 0.29) is 11.8 Å². The molecular formula is C6H9BrO5S. The van der Waals surface area contributed by atoms with E-state index in [1.807, 2.05) is 0 Å². The highest BCUT2D eigenvalue weighted by atomic mass is 79.9. The van der Waals surface area contributed by atoms with Gasteiger partial charge in [-0.2, -0.15) is 8.42 Å². The second kappa shape index (κ2) is 4.73. The Balaban J connectivity index is 4.83. The number of rotatable bonds is 5. The summed E-state index contributed by atoms with van der Waals surface area (Å²) in [5, 5.41) is 7.28. The van der Waals surface area contributed by atoms with Gasteiger partial charge in [0.05, 0.1) is 5.57 Å². The molecule has 0 rings (SSSR count). The average Bonchev–Trinajstić information content (AvgIpc) is 1.96. The molecule has 0 aromatic rings. The van der Waals surface area contributed by atoms with E-state index in [1.165, 1.54) is 0 Å². The van der Waals surface area contributed by atoms with Gasteiger partial charge in [-0.3, -0.25) is 4.55 Å². The minimum absolute atomic E-state index is 0.0238. The van der Waals surface area contributed by atoms with Gasteiger partial charge >= 0.3 is 5.97 Å². The highest BCUT2D eigenvalue weighted by Gasteiger charge is 2.29. The van der Waals surface area contributed by atoms with Crippen LogP contribution in [0.5, 0.6) is 0 Å². The van der Waals surface area contributed by atoms with Crippen molar-refractivity contribution in [3.05, 3.63) is 12.2 Å². The largest absolute Gasteiger partial charge is 0.478 e. The molecular weight excluding hydrogens is 264 g/mol. The lowest BCUT2D eigenvalue weighted by molar-refractivity contribution is -0.132. The summed E-state index contributed by atoms with van der Waals surface area (Å²) >= 11 is 2.95. The molecule has 0 aromatic carbocycles. The molecule has 13 heavy (non-hydrogen) atoms. The molecule has 0 heterocycles. The Morgan fingerprint density at radius 1 is 1.54 bits per heavy atom. The Morgan fingerprint density at radius 3 is 2.23 bits per heavy atom. The van der Waals surface area contributed by atoms with E-state index in [4.69, 9.17) is 9.66 Å². The van der Waals surface area contributed by atoms with Crippen molar-refractivity contribution in [3.8, 4) is 0 Å². The van der Waals surface area contributed by atoms with Crippen molar-refractivity contribution >= 4 is 32.0 Å². The van der Waals surface area contributed by atoms with Gasteiger partial charge < -0.3 is 5.11 Å². The van der Waals surface area contributed by atoms with Crippen LogP contribution in [-0.4, -0.2) is 34.6 Å². The van der Waals surface area contributed by atoms with Crippen LogP contribution in [0.15, 0.2) is 12.2 Å². The zero-order valence-electron chi connectivity index (χ0n) is 6.60. The van der Waals surface area contributed by atoms with Gasteiger partial charge in [0.1, 0.15) is 5.25 Å². The summed E-state index contributed by atoms with van der Waals surface area (Å²) < 4.78 is 30.0. The standard InChI is InChI=1S/C6H9BrO5S/c1-4(6(8)9)5(2-3-7)13(10,11)12/h5H,1-3H2,(H,8,9)(H,10,11,12). The maximum absolute atomic E-state index is 10.7. The topological polar surface area (TPSA) is 91.7 Å². The number of hydrogen-bond acceptors (Lipinski definition) is 3. The van der Waals surface area contributed by atoms with Gasteiger partial charge in [-0.05, 0) is 6.42 Å². The zero-order chi connectivity index (χ0) is 10.6. The molecule has 0 spiro atoms. The molecule has 5 nitrogen and oxygen atoms in total. The monoisotopic (exact) mass is 272 g/mol. The Labute approximate surface area is 84.3 Å². The fourth-order valence-corrected chi connectivity index (χ4v) is 2.38. The second-order valence-electron chi connectivity index (χ2n) is 2.31. The van der Waals surface area contributed by atoms with Crippen LogP contribution >= 0.6 is 15.9 Å². The predicted octanol–water partition coefficient (Wildman–Crippen LogP) is 0.669. The first-order valence-electron chi connectivity index (χ1n) is 3.25. The van der Waals surface area contributed by atoms with Gasteiger partial charge in [-0.1, -0.05) is 22.5 Å². The Hall–Kier alpha value is -0.400. The second-order valence-corrected chi connectivity index (χ2v) is 4.70. The van der Waals surface area contributed by atoms with Crippen LogP contribution in [0.4, 0.5) is 0 Å². The number of halogens is 1. The highest BCUT2D eigenvalue weighted by molar-refractivity contribution is 9.09. The van der Waals surface area contributed by atoms with E-state index in [0.717, 1.165) is 0 Å². The molecule has 0 aliphatic carbocycles. The number of alkyl halides is 1. The summed E-state index contributed by atoms with van der Waals surface area (Å²) in [5.74, 6) is -1.43. The number of carboxylic acids is 1. The molecule has 76 valence electrons. The van der Waals surface area contributed by atoms with Crippen molar-refractivity contribution in [2.45, 2.75) is 11.7 Å². The van der Waals surface area contributed by atoms with E-state index in [9.17, 15) is 13.2 Å². The van der Waals surface area contributed by atoms with Gasteiger partial charge in [0.15, 0.2) is 0 Å². The van der Waals surface area contributed by atoms with Crippen molar-refractivity contribution in [3.63, 3.8) is 0 Å². The third-order valence-corrected chi connectivity index (χ3v) is 3.09. The smallest absolute Gasteiger partial charge is 0.332 e. The molecule has 0 bridgehead atoms. The molecule has 0 fully saturated rings. The van der Waals surface area contributed by atoms with Gasteiger partial charge in [0.25, 0.3) is 10.1 Å². The van der Waals surface area contributed by atoms with Gasteiger partial charge in [0.2, 0.25) is 0 Å². The maximum atomic E-state index is 10.7. The Morgan fingerprint density at radius 2 is 2.00 bits per heavy atom. The minimum atomic E-state index is -4.38. The predicted molar refractivity (Wildman–Crippen MR) is 50.5 cm³/mol. The van der Waals surface area contributed by atoms with Crippen LogP contribution in [0.1, 0.15) is 6.42 Å². The number of hydrogen-bond donors (Lipinski definition) is 2. The van der Waals surface area contributed by atoms with Crippen molar-refractivity contribution in [1.29, 1.82) is 0 Å². The summed E-state index contributed by atoms with van der Waals surface area (Å²) in [5.41, 5.74) is -0.526. The van der Waals surface area contributed by atoms with Crippen LogP contribution in [0.3, 0.4) is 0 Å². The fourth-order valence-electron chi connectivity index (χ4n) is 0.740. The average molecular weight is 273 g/mol. The van der Waals surface area contributed by atoms with Crippen molar-refractivity contribution in [2.24, 2.45) is 0 Å². The third-order valence-electron chi connectivity index (χ3n) is 1.39. The maximum Gasteiger partial charge on any atom is 0.332 e. The van der Waals surface area contributed by atoms with Crippen LogP contribution < -0.4 is 0 Å². The van der Waals surface area contributed by atoms with E-state index >= 15 is 0 Å². The fraction of sp³-hybridized carbons (Fsp3) is 0.500. The first-order chi connectivity index (χ1) is 5.80. The molecule has 7 heteroatoms. The number of carboxylic acid groups (broad SMARTS) is 1. The SMILES string of the molecule is C=C(C(=O)O)C(CCBr)S(=O)(=O)O. The lowest BCUT2D eigenvalue weighted by atomic mass is 10.2. The summed E-state index contributed by atoms with van der Waals surface area (Å²) in [6, 6.07) is 0. The van der Waals surface area contributed by atoms with E-state index in [1.54, 1.807) is 0 Å². The van der Waals surface area contributed by atoms with E-state index < -0.39 is 26.9 Å². The minimum Gasteiger partial charge on any atom is -0.478 e. The van der Waals surface area contributed by atoms with Crippen LogP contribution in [0, 0.1) is 0 Å². The number of aliphatic carboxylic acids is 1. The Kier molecular flexibility index (Phi) is 4.58. The molecule has 0 aromatic heterocycles. The van der Waals surface area contributed by atoms with Crippen molar-refractivity contribution in [2.75, 3.05) is 5.33 Å². The summed E-state index contributed by atoms with van der Waals surface area (Å²) in [6.45, 7) is 3.08.